The van der Waals surface area contributed by atoms with Crippen molar-refractivity contribution in [2.45, 2.75) is 63.1 Å². The fraction of sp³-hybridized carbons (Fsp3) is 1.00. The van der Waals surface area contributed by atoms with Crippen LogP contribution in [-0.2, 0) is 4.74 Å². The lowest BCUT2D eigenvalue weighted by Gasteiger charge is -2.40. The fourth-order valence-corrected chi connectivity index (χ4v) is 4.10. The molecule has 0 amide bonds. The molecule has 0 radical (unpaired) electrons. The molecule has 1 N–H and O–H groups in total. The number of rotatable bonds is 2. The van der Waals surface area contributed by atoms with Gasteiger partial charge in [-0.05, 0) is 44.6 Å². The van der Waals surface area contributed by atoms with Gasteiger partial charge in [-0.15, -0.1) is 0 Å². The first-order valence-corrected chi connectivity index (χ1v) is 7.38. The summed E-state index contributed by atoms with van der Waals surface area (Å²) >= 11 is 0. The van der Waals surface area contributed by atoms with Crippen molar-refractivity contribution in [2.75, 3.05) is 19.8 Å². The molecule has 3 atom stereocenters. The van der Waals surface area contributed by atoms with Crippen LogP contribution in [0, 0.1) is 5.92 Å². The molecule has 3 rings (SSSR count). The van der Waals surface area contributed by atoms with Gasteiger partial charge < -0.3 is 9.84 Å². The largest absolute Gasteiger partial charge is 0.391 e. The van der Waals surface area contributed by atoms with E-state index in [0.717, 1.165) is 31.6 Å². The fourth-order valence-electron chi connectivity index (χ4n) is 4.10. The van der Waals surface area contributed by atoms with E-state index in [1.54, 1.807) is 0 Å². The highest BCUT2D eigenvalue weighted by Gasteiger charge is 2.40. The maximum atomic E-state index is 10.2. The van der Waals surface area contributed by atoms with Gasteiger partial charge in [0.1, 0.15) is 0 Å². The molecule has 17 heavy (non-hydrogen) atoms. The highest BCUT2D eigenvalue weighted by molar-refractivity contribution is 4.94. The lowest BCUT2D eigenvalue weighted by atomic mass is 9.94. The second kappa shape index (κ2) is 5.25. The second-order valence-corrected chi connectivity index (χ2v) is 5.99. The van der Waals surface area contributed by atoms with Gasteiger partial charge in [-0.1, -0.05) is 12.8 Å². The first-order chi connectivity index (χ1) is 8.36. The van der Waals surface area contributed by atoms with Crippen molar-refractivity contribution in [1.29, 1.82) is 0 Å². The Morgan fingerprint density at radius 3 is 2.53 bits per heavy atom. The third-order valence-electron chi connectivity index (χ3n) is 5.00. The Bertz CT molecular complexity index is 253. The Morgan fingerprint density at radius 1 is 0.941 bits per heavy atom. The molecule has 2 saturated heterocycles. The molecule has 0 aromatic rings. The molecule has 2 heterocycles. The minimum absolute atomic E-state index is 0.161. The molecular weight excluding hydrogens is 214 g/mol. The molecule has 2 aliphatic heterocycles. The number of hydrogen-bond acceptors (Lipinski definition) is 3. The summed E-state index contributed by atoms with van der Waals surface area (Å²) in [6.07, 6.45) is 8.95. The van der Waals surface area contributed by atoms with Crippen molar-refractivity contribution in [2.24, 2.45) is 5.92 Å². The highest BCUT2D eigenvalue weighted by Crippen LogP contribution is 2.37. The molecule has 1 saturated carbocycles. The molecule has 3 heteroatoms. The zero-order valence-corrected chi connectivity index (χ0v) is 10.7. The van der Waals surface area contributed by atoms with Gasteiger partial charge in [-0.2, -0.15) is 0 Å². The third-order valence-corrected chi connectivity index (χ3v) is 5.00. The predicted molar refractivity (Wildman–Crippen MR) is 66.9 cm³/mol. The summed E-state index contributed by atoms with van der Waals surface area (Å²) < 4.78 is 5.57. The molecule has 0 bridgehead atoms. The maximum absolute atomic E-state index is 10.2. The van der Waals surface area contributed by atoms with Crippen molar-refractivity contribution in [1.82, 2.24) is 4.90 Å². The zero-order chi connectivity index (χ0) is 11.7. The van der Waals surface area contributed by atoms with E-state index >= 15 is 0 Å². The van der Waals surface area contributed by atoms with Gasteiger partial charge in [0, 0.05) is 12.6 Å². The van der Waals surface area contributed by atoms with E-state index < -0.39 is 0 Å². The average Bonchev–Trinajstić information content (AvgIpc) is 3.00. The molecule has 98 valence electrons. The van der Waals surface area contributed by atoms with Crippen LogP contribution >= 0.6 is 0 Å². The number of aliphatic hydroxyl groups is 1. The predicted octanol–water partition coefficient (Wildman–Crippen LogP) is 1.79. The number of aliphatic hydroxyl groups excluding tert-OH is 1. The molecule has 3 aliphatic rings. The number of nitrogens with zero attached hydrogens (tertiary/aromatic N) is 1. The minimum atomic E-state index is -0.161. The normalized spacial score (nSPS) is 41.1. The van der Waals surface area contributed by atoms with Crippen LogP contribution in [0.5, 0.6) is 0 Å². The topological polar surface area (TPSA) is 32.7 Å². The molecule has 0 aromatic carbocycles. The van der Waals surface area contributed by atoms with Crippen LogP contribution in [0.4, 0.5) is 0 Å². The van der Waals surface area contributed by atoms with Crippen LogP contribution in [0.15, 0.2) is 0 Å². The molecule has 1 aliphatic carbocycles. The first-order valence-electron chi connectivity index (χ1n) is 7.38. The quantitative estimate of drug-likeness (QED) is 0.797. The Morgan fingerprint density at radius 2 is 1.76 bits per heavy atom. The van der Waals surface area contributed by atoms with Crippen LogP contribution in [0.2, 0.25) is 0 Å². The third kappa shape index (κ3) is 2.38. The SMILES string of the molecule is OC1CCOCC1N1CCCC1C1CCCC1. The summed E-state index contributed by atoms with van der Waals surface area (Å²) in [4.78, 5) is 2.58. The lowest BCUT2D eigenvalue weighted by molar-refractivity contribution is -0.0702. The van der Waals surface area contributed by atoms with Crippen molar-refractivity contribution >= 4 is 0 Å². The van der Waals surface area contributed by atoms with Gasteiger partial charge in [0.25, 0.3) is 0 Å². The number of hydrogen-bond donors (Lipinski definition) is 1. The Kier molecular flexibility index (Phi) is 3.69. The summed E-state index contributed by atoms with van der Waals surface area (Å²) in [5, 5.41) is 10.2. The molecular formula is C14H25NO2. The standard InChI is InChI=1S/C14H25NO2/c16-14-7-9-17-10-13(14)15-8-3-6-12(15)11-4-1-2-5-11/h11-14,16H,1-10H2. The van der Waals surface area contributed by atoms with Crippen LogP contribution in [0.3, 0.4) is 0 Å². The van der Waals surface area contributed by atoms with E-state index in [0.29, 0.717) is 0 Å². The van der Waals surface area contributed by atoms with E-state index in [1.807, 2.05) is 0 Å². The molecule has 3 fully saturated rings. The summed E-state index contributed by atoms with van der Waals surface area (Å²) in [6.45, 7) is 2.65. The van der Waals surface area contributed by atoms with Crippen molar-refractivity contribution in [3.8, 4) is 0 Å². The Balaban J connectivity index is 1.67. The molecule has 3 nitrogen and oxygen atoms in total. The van der Waals surface area contributed by atoms with E-state index in [9.17, 15) is 5.11 Å². The zero-order valence-electron chi connectivity index (χ0n) is 10.7. The van der Waals surface area contributed by atoms with Gasteiger partial charge in [-0.3, -0.25) is 4.90 Å². The minimum Gasteiger partial charge on any atom is -0.391 e. The van der Waals surface area contributed by atoms with Crippen LogP contribution in [-0.4, -0.2) is 48.0 Å². The monoisotopic (exact) mass is 239 g/mol. The number of likely N-dealkylation sites (tertiary alicyclic amines) is 1. The van der Waals surface area contributed by atoms with Gasteiger partial charge in [0.05, 0.1) is 18.8 Å². The molecule has 0 aromatic heterocycles. The summed E-state index contributed by atoms with van der Waals surface area (Å²) in [6, 6.07) is 1.01. The maximum Gasteiger partial charge on any atom is 0.0739 e. The Hall–Kier alpha value is -0.120. The first kappa shape index (κ1) is 11.9. The van der Waals surface area contributed by atoms with Gasteiger partial charge >= 0.3 is 0 Å². The lowest BCUT2D eigenvalue weighted by Crippen LogP contribution is -2.52. The Labute approximate surface area is 104 Å². The summed E-state index contributed by atoms with van der Waals surface area (Å²) in [7, 11) is 0. The molecule has 3 unspecified atom stereocenters. The van der Waals surface area contributed by atoms with Crippen LogP contribution < -0.4 is 0 Å². The van der Waals surface area contributed by atoms with E-state index in [2.05, 4.69) is 4.90 Å². The van der Waals surface area contributed by atoms with Gasteiger partial charge in [0.15, 0.2) is 0 Å². The second-order valence-electron chi connectivity index (χ2n) is 5.99. The van der Waals surface area contributed by atoms with Gasteiger partial charge in [0.2, 0.25) is 0 Å². The smallest absolute Gasteiger partial charge is 0.0739 e. The average molecular weight is 239 g/mol. The van der Waals surface area contributed by atoms with Crippen LogP contribution in [0.1, 0.15) is 44.9 Å². The van der Waals surface area contributed by atoms with Gasteiger partial charge in [-0.25, -0.2) is 0 Å². The van der Waals surface area contributed by atoms with E-state index in [1.165, 1.54) is 45.1 Å². The molecule has 0 spiro atoms. The van der Waals surface area contributed by atoms with Crippen molar-refractivity contribution < 1.29 is 9.84 Å². The van der Waals surface area contributed by atoms with E-state index in [4.69, 9.17) is 4.74 Å². The van der Waals surface area contributed by atoms with Crippen molar-refractivity contribution in [3.63, 3.8) is 0 Å². The number of ether oxygens (including phenoxy) is 1. The summed E-state index contributed by atoms with van der Waals surface area (Å²) in [5.41, 5.74) is 0. The summed E-state index contributed by atoms with van der Waals surface area (Å²) in [5.74, 6) is 0.895. The van der Waals surface area contributed by atoms with E-state index in [-0.39, 0.29) is 12.1 Å². The highest BCUT2D eigenvalue weighted by atomic mass is 16.5. The van der Waals surface area contributed by atoms with Crippen LogP contribution in [0.25, 0.3) is 0 Å². The van der Waals surface area contributed by atoms with Crippen molar-refractivity contribution in [3.05, 3.63) is 0 Å².